The molecule has 0 saturated carbocycles. The molecule has 4 nitrogen and oxygen atoms in total. The van der Waals surface area contributed by atoms with Crippen molar-refractivity contribution in [1.29, 1.82) is 0 Å². The summed E-state index contributed by atoms with van der Waals surface area (Å²) in [4.78, 5) is 15.0. The van der Waals surface area contributed by atoms with Gasteiger partial charge in [0.05, 0.1) is 0 Å². The average molecular weight is 308 g/mol. The predicted molar refractivity (Wildman–Crippen MR) is 91.4 cm³/mol. The van der Waals surface area contributed by atoms with Crippen molar-refractivity contribution in [2.75, 3.05) is 6.54 Å². The number of aromatic nitrogens is 1. The van der Waals surface area contributed by atoms with Crippen molar-refractivity contribution in [3.8, 4) is 0 Å². The van der Waals surface area contributed by atoms with Crippen LogP contribution in [-0.2, 0) is 17.8 Å². The Morgan fingerprint density at radius 2 is 1.91 bits per heavy atom. The van der Waals surface area contributed by atoms with Gasteiger partial charge in [0, 0.05) is 23.6 Å². The lowest BCUT2D eigenvalue weighted by atomic mass is 10.1. The Bertz CT molecular complexity index is 790. The van der Waals surface area contributed by atoms with Crippen LogP contribution in [0.3, 0.4) is 0 Å². The summed E-state index contributed by atoms with van der Waals surface area (Å²) in [5, 5.41) is 3.99. The van der Waals surface area contributed by atoms with Gasteiger partial charge in [-0.3, -0.25) is 0 Å². The van der Waals surface area contributed by atoms with Crippen molar-refractivity contribution in [2.24, 2.45) is 0 Å². The Morgan fingerprint density at radius 1 is 1.13 bits per heavy atom. The van der Waals surface area contributed by atoms with Crippen molar-refractivity contribution >= 4 is 17.0 Å². The van der Waals surface area contributed by atoms with Gasteiger partial charge in [0.25, 0.3) is 0 Å². The number of ether oxygens (including phenoxy) is 1. The maximum absolute atomic E-state index is 11.7. The molecule has 0 aliphatic rings. The van der Waals surface area contributed by atoms with E-state index in [1.54, 1.807) is 0 Å². The molecule has 2 aromatic carbocycles. The first-order valence-corrected chi connectivity index (χ1v) is 7.73. The molecule has 0 radical (unpaired) electrons. The molecule has 3 aromatic rings. The molecule has 0 aliphatic carbocycles. The Labute approximate surface area is 135 Å². The van der Waals surface area contributed by atoms with Gasteiger partial charge < -0.3 is 15.0 Å². The molecule has 3 rings (SSSR count). The van der Waals surface area contributed by atoms with E-state index in [1.807, 2.05) is 55.6 Å². The number of H-pyrrole nitrogens is 1. The van der Waals surface area contributed by atoms with Crippen molar-refractivity contribution < 1.29 is 9.53 Å². The summed E-state index contributed by atoms with van der Waals surface area (Å²) < 4.78 is 5.22. The van der Waals surface area contributed by atoms with E-state index >= 15 is 0 Å². The van der Waals surface area contributed by atoms with Crippen LogP contribution in [0.1, 0.15) is 16.7 Å². The summed E-state index contributed by atoms with van der Waals surface area (Å²) in [6.07, 6.45) is 2.37. The predicted octanol–water partition coefficient (Wildman–Crippen LogP) is 3.95. The Morgan fingerprint density at radius 3 is 2.74 bits per heavy atom. The van der Waals surface area contributed by atoms with Crippen molar-refractivity contribution in [2.45, 2.75) is 20.0 Å². The summed E-state index contributed by atoms with van der Waals surface area (Å²) in [6, 6.07) is 16.1. The normalized spacial score (nSPS) is 10.7. The second-order valence-electron chi connectivity index (χ2n) is 5.60. The standard InChI is InChI=1S/C19H20N2O2/c1-14-6-8-15(9-7-14)13-23-19(22)20-11-10-16-12-21-18-5-3-2-4-17(16)18/h2-9,12,21H,10-11,13H2,1H3,(H,20,22). The maximum atomic E-state index is 11.7. The zero-order valence-electron chi connectivity index (χ0n) is 13.1. The van der Waals surface area contributed by atoms with Gasteiger partial charge in [0.15, 0.2) is 0 Å². The fourth-order valence-corrected chi connectivity index (χ4v) is 2.52. The summed E-state index contributed by atoms with van der Waals surface area (Å²) in [5.41, 5.74) is 4.49. The van der Waals surface area contributed by atoms with Crippen LogP contribution in [0.25, 0.3) is 10.9 Å². The topological polar surface area (TPSA) is 54.1 Å². The number of nitrogens with one attached hydrogen (secondary N) is 2. The molecule has 0 saturated heterocycles. The molecular formula is C19H20N2O2. The third-order valence-corrected chi connectivity index (χ3v) is 3.83. The van der Waals surface area contributed by atoms with E-state index < -0.39 is 0 Å². The van der Waals surface area contributed by atoms with Crippen molar-refractivity contribution in [3.63, 3.8) is 0 Å². The number of amides is 1. The number of benzene rings is 2. The summed E-state index contributed by atoms with van der Waals surface area (Å²) in [7, 11) is 0. The number of hydrogen-bond donors (Lipinski definition) is 2. The third kappa shape index (κ3) is 3.92. The molecule has 2 N–H and O–H groups in total. The van der Waals surface area contributed by atoms with Gasteiger partial charge in [-0.15, -0.1) is 0 Å². The summed E-state index contributed by atoms with van der Waals surface area (Å²) in [5.74, 6) is 0. The van der Waals surface area contributed by atoms with Gasteiger partial charge >= 0.3 is 6.09 Å². The van der Waals surface area contributed by atoms with Gasteiger partial charge in [-0.1, -0.05) is 48.0 Å². The minimum absolute atomic E-state index is 0.291. The number of carbonyl (C=O) groups excluding carboxylic acids is 1. The van der Waals surface area contributed by atoms with Gasteiger partial charge in [-0.25, -0.2) is 4.79 Å². The molecule has 1 aromatic heterocycles. The quantitative estimate of drug-likeness (QED) is 0.750. The number of aromatic amines is 1. The van der Waals surface area contributed by atoms with Crippen LogP contribution in [-0.4, -0.2) is 17.6 Å². The molecule has 0 atom stereocenters. The molecule has 4 heteroatoms. The number of rotatable bonds is 5. The minimum Gasteiger partial charge on any atom is -0.445 e. The first kappa shape index (κ1) is 15.2. The molecule has 0 bridgehead atoms. The van der Waals surface area contributed by atoms with E-state index in [2.05, 4.69) is 16.4 Å². The smallest absolute Gasteiger partial charge is 0.407 e. The maximum Gasteiger partial charge on any atom is 0.407 e. The van der Waals surface area contributed by atoms with Crippen LogP contribution in [0.5, 0.6) is 0 Å². The SMILES string of the molecule is Cc1ccc(COC(=O)NCCc2c[nH]c3ccccc23)cc1. The Hall–Kier alpha value is -2.75. The number of aryl methyl sites for hydroxylation is 1. The van der Waals surface area contributed by atoms with Crippen LogP contribution in [0.2, 0.25) is 0 Å². The largest absolute Gasteiger partial charge is 0.445 e. The highest BCUT2D eigenvalue weighted by atomic mass is 16.5. The highest BCUT2D eigenvalue weighted by Gasteiger charge is 2.05. The number of hydrogen-bond acceptors (Lipinski definition) is 2. The minimum atomic E-state index is -0.384. The molecule has 118 valence electrons. The summed E-state index contributed by atoms with van der Waals surface area (Å²) in [6.45, 7) is 2.87. The third-order valence-electron chi connectivity index (χ3n) is 3.83. The lowest BCUT2D eigenvalue weighted by molar-refractivity contribution is 0.140. The van der Waals surface area contributed by atoms with E-state index in [1.165, 1.54) is 16.5 Å². The van der Waals surface area contributed by atoms with Gasteiger partial charge in [0.2, 0.25) is 0 Å². The lowest BCUT2D eigenvalue weighted by Crippen LogP contribution is -2.26. The molecule has 0 spiro atoms. The number of para-hydroxylation sites is 1. The van der Waals surface area contributed by atoms with Crippen molar-refractivity contribution in [3.05, 3.63) is 71.4 Å². The fourth-order valence-electron chi connectivity index (χ4n) is 2.52. The highest BCUT2D eigenvalue weighted by molar-refractivity contribution is 5.83. The number of fused-ring (bicyclic) bond motifs is 1. The van der Waals surface area contributed by atoms with Gasteiger partial charge in [-0.2, -0.15) is 0 Å². The van der Waals surface area contributed by atoms with Crippen LogP contribution in [0.15, 0.2) is 54.7 Å². The molecular weight excluding hydrogens is 288 g/mol. The molecule has 0 aliphatic heterocycles. The van der Waals surface area contributed by atoms with Gasteiger partial charge in [0.1, 0.15) is 6.61 Å². The zero-order chi connectivity index (χ0) is 16.1. The monoisotopic (exact) mass is 308 g/mol. The van der Waals surface area contributed by atoms with Gasteiger partial charge in [-0.05, 0) is 30.5 Å². The van der Waals surface area contributed by atoms with E-state index in [4.69, 9.17) is 4.74 Å². The second-order valence-corrected chi connectivity index (χ2v) is 5.60. The number of alkyl carbamates (subject to hydrolysis) is 1. The lowest BCUT2D eigenvalue weighted by Gasteiger charge is -2.07. The average Bonchev–Trinajstić information content (AvgIpc) is 2.98. The van der Waals surface area contributed by atoms with Crippen LogP contribution in [0, 0.1) is 6.92 Å². The molecule has 0 unspecified atom stereocenters. The first-order chi connectivity index (χ1) is 11.2. The Balaban J connectivity index is 1.45. The van der Waals surface area contributed by atoms with E-state index in [0.717, 1.165) is 17.5 Å². The first-order valence-electron chi connectivity index (χ1n) is 7.73. The van der Waals surface area contributed by atoms with E-state index in [-0.39, 0.29) is 6.09 Å². The highest BCUT2D eigenvalue weighted by Crippen LogP contribution is 2.17. The second kappa shape index (κ2) is 7.01. The van der Waals surface area contributed by atoms with Crippen LogP contribution < -0.4 is 5.32 Å². The molecule has 1 heterocycles. The molecule has 0 fully saturated rings. The molecule has 1 amide bonds. The summed E-state index contributed by atoms with van der Waals surface area (Å²) >= 11 is 0. The van der Waals surface area contributed by atoms with Crippen LogP contribution >= 0.6 is 0 Å². The van der Waals surface area contributed by atoms with E-state index in [0.29, 0.717) is 13.2 Å². The fraction of sp³-hybridized carbons (Fsp3) is 0.211. The zero-order valence-corrected chi connectivity index (χ0v) is 13.1. The molecule has 23 heavy (non-hydrogen) atoms. The van der Waals surface area contributed by atoms with Crippen LogP contribution in [0.4, 0.5) is 4.79 Å². The number of carbonyl (C=O) groups is 1. The Kier molecular flexibility index (Phi) is 4.62. The van der Waals surface area contributed by atoms with Crippen molar-refractivity contribution in [1.82, 2.24) is 10.3 Å². The van der Waals surface area contributed by atoms with E-state index in [9.17, 15) is 4.79 Å².